The van der Waals surface area contributed by atoms with Gasteiger partial charge in [0.25, 0.3) is 0 Å². The van der Waals surface area contributed by atoms with Crippen LogP contribution in [0.1, 0.15) is 44.6 Å². The van der Waals surface area contributed by atoms with E-state index >= 15 is 0 Å². The lowest BCUT2D eigenvalue weighted by Crippen LogP contribution is -2.14. The fraction of sp³-hybridized carbons (Fsp3) is 0.571. The molecule has 2 N–H and O–H groups in total. The van der Waals surface area contributed by atoms with Gasteiger partial charge in [-0.3, -0.25) is 0 Å². The molecule has 18 heavy (non-hydrogen) atoms. The second-order valence-electron chi connectivity index (χ2n) is 4.46. The van der Waals surface area contributed by atoms with E-state index in [1.54, 1.807) is 6.07 Å². The van der Waals surface area contributed by atoms with Crippen LogP contribution in [-0.2, 0) is 6.54 Å². The number of aromatic hydroxyl groups is 1. The predicted octanol–water partition coefficient (Wildman–Crippen LogP) is 4.76. The highest BCUT2D eigenvalue weighted by Crippen LogP contribution is 2.34. The Kier molecular flexibility index (Phi) is 7.48. The molecule has 0 fully saturated rings. The Morgan fingerprint density at radius 2 is 1.83 bits per heavy atom. The molecule has 102 valence electrons. The number of halogens is 2. The zero-order chi connectivity index (χ0) is 13.4. The van der Waals surface area contributed by atoms with E-state index in [4.69, 9.17) is 23.2 Å². The average Bonchev–Trinajstić information content (AvgIpc) is 2.37. The topological polar surface area (TPSA) is 32.3 Å². The van der Waals surface area contributed by atoms with Gasteiger partial charge in [0, 0.05) is 6.54 Å². The highest BCUT2D eigenvalue weighted by atomic mass is 35.5. The van der Waals surface area contributed by atoms with Crippen molar-refractivity contribution in [1.29, 1.82) is 0 Å². The van der Waals surface area contributed by atoms with Gasteiger partial charge >= 0.3 is 0 Å². The molecular weight excluding hydrogens is 269 g/mol. The van der Waals surface area contributed by atoms with Crippen molar-refractivity contribution < 1.29 is 5.11 Å². The maximum absolute atomic E-state index is 9.60. The van der Waals surface area contributed by atoms with E-state index < -0.39 is 0 Å². The fourth-order valence-corrected chi connectivity index (χ4v) is 2.23. The third-order valence-electron chi connectivity index (χ3n) is 2.92. The summed E-state index contributed by atoms with van der Waals surface area (Å²) in [6.45, 7) is 3.86. The minimum absolute atomic E-state index is 0.0272. The number of phenols is 1. The first kappa shape index (κ1) is 15.6. The molecule has 1 aromatic carbocycles. The fourth-order valence-electron chi connectivity index (χ4n) is 1.80. The van der Waals surface area contributed by atoms with E-state index in [0.717, 1.165) is 12.1 Å². The molecule has 0 unspecified atom stereocenters. The van der Waals surface area contributed by atoms with Gasteiger partial charge in [0.1, 0.15) is 0 Å². The molecule has 0 radical (unpaired) electrons. The molecule has 1 rings (SSSR count). The van der Waals surface area contributed by atoms with Crippen LogP contribution in [-0.4, -0.2) is 11.7 Å². The summed E-state index contributed by atoms with van der Waals surface area (Å²) in [6.07, 6.45) is 6.34. The molecule has 0 aliphatic carbocycles. The zero-order valence-electron chi connectivity index (χ0n) is 10.8. The van der Waals surface area contributed by atoms with Crippen LogP contribution in [0.4, 0.5) is 0 Å². The largest absolute Gasteiger partial charge is 0.505 e. The Labute approximate surface area is 119 Å². The van der Waals surface area contributed by atoms with E-state index in [-0.39, 0.29) is 5.75 Å². The van der Waals surface area contributed by atoms with E-state index in [0.29, 0.717) is 16.6 Å². The van der Waals surface area contributed by atoms with Gasteiger partial charge < -0.3 is 10.4 Å². The molecule has 0 aliphatic rings. The van der Waals surface area contributed by atoms with Crippen LogP contribution in [0.2, 0.25) is 10.0 Å². The summed E-state index contributed by atoms with van der Waals surface area (Å²) < 4.78 is 0. The van der Waals surface area contributed by atoms with Crippen LogP contribution in [0.15, 0.2) is 12.1 Å². The van der Waals surface area contributed by atoms with Crippen LogP contribution in [0.3, 0.4) is 0 Å². The maximum atomic E-state index is 9.60. The van der Waals surface area contributed by atoms with E-state index in [1.807, 2.05) is 6.07 Å². The van der Waals surface area contributed by atoms with Gasteiger partial charge in [0.15, 0.2) is 5.75 Å². The highest BCUT2D eigenvalue weighted by Gasteiger charge is 2.08. The smallest absolute Gasteiger partial charge is 0.153 e. The molecular formula is C14H21Cl2NO. The summed E-state index contributed by atoms with van der Waals surface area (Å²) in [5.41, 5.74) is 0.882. The summed E-state index contributed by atoms with van der Waals surface area (Å²) in [5.74, 6) is -0.0272. The van der Waals surface area contributed by atoms with Crippen molar-refractivity contribution in [2.75, 3.05) is 6.54 Å². The van der Waals surface area contributed by atoms with E-state index in [2.05, 4.69) is 12.2 Å². The van der Waals surface area contributed by atoms with Crippen molar-refractivity contribution in [2.45, 2.75) is 45.6 Å². The van der Waals surface area contributed by atoms with E-state index in [1.165, 1.54) is 32.1 Å². The summed E-state index contributed by atoms with van der Waals surface area (Å²) in [5, 5.41) is 13.6. The molecule has 0 saturated heterocycles. The Hall–Kier alpha value is -0.440. The van der Waals surface area contributed by atoms with Gasteiger partial charge in [-0.25, -0.2) is 0 Å². The normalized spacial score (nSPS) is 10.8. The summed E-state index contributed by atoms with van der Waals surface area (Å²) in [7, 11) is 0. The second kappa shape index (κ2) is 8.63. The molecule has 4 heteroatoms. The van der Waals surface area contributed by atoms with Crippen LogP contribution < -0.4 is 5.32 Å². The van der Waals surface area contributed by atoms with Crippen molar-refractivity contribution in [3.05, 3.63) is 27.7 Å². The molecule has 0 bridgehead atoms. The molecule has 0 atom stereocenters. The molecule has 0 saturated carbocycles. The second-order valence-corrected chi connectivity index (χ2v) is 5.25. The molecule has 2 nitrogen and oxygen atoms in total. The third kappa shape index (κ3) is 5.05. The Morgan fingerprint density at radius 1 is 1.11 bits per heavy atom. The molecule has 0 aliphatic heterocycles. The molecule has 0 spiro atoms. The standard InChI is InChI=1S/C14H21Cl2NO/c1-2-3-4-5-6-9-17-10-11-7-8-12(15)14(18)13(11)16/h7-8,17-18H,2-6,9-10H2,1H3. The molecule has 1 aromatic rings. The Bertz CT molecular complexity index is 369. The summed E-state index contributed by atoms with van der Waals surface area (Å²) in [4.78, 5) is 0. The van der Waals surface area contributed by atoms with Crippen molar-refractivity contribution in [1.82, 2.24) is 5.32 Å². The average molecular weight is 290 g/mol. The van der Waals surface area contributed by atoms with Crippen molar-refractivity contribution in [3.8, 4) is 5.75 Å². The van der Waals surface area contributed by atoms with Crippen LogP contribution in [0.5, 0.6) is 5.75 Å². The summed E-state index contributed by atoms with van der Waals surface area (Å²) >= 11 is 11.8. The lowest BCUT2D eigenvalue weighted by molar-refractivity contribution is 0.474. The zero-order valence-corrected chi connectivity index (χ0v) is 12.3. The van der Waals surface area contributed by atoms with Gasteiger partial charge in [-0.05, 0) is 24.6 Å². The first-order chi connectivity index (χ1) is 8.66. The summed E-state index contributed by atoms with van der Waals surface area (Å²) in [6, 6.07) is 3.51. The number of benzene rings is 1. The molecule has 0 aromatic heterocycles. The van der Waals surface area contributed by atoms with Crippen molar-refractivity contribution in [3.63, 3.8) is 0 Å². The Morgan fingerprint density at radius 3 is 2.56 bits per heavy atom. The van der Waals surface area contributed by atoms with Gasteiger partial charge in [-0.15, -0.1) is 0 Å². The van der Waals surface area contributed by atoms with Gasteiger partial charge in [-0.1, -0.05) is 61.9 Å². The number of phenolic OH excluding ortho intramolecular Hbond substituents is 1. The van der Waals surface area contributed by atoms with Crippen LogP contribution in [0, 0.1) is 0 Å². The van der Waals surface area contributed by atoms with E-state index in [9.17, 15) is 5.11 Å². The number of unbranched alkanes of at least 4 members (excludes halogenated alkanes) is 4. The minimum Gasteiger partial charge on any atom is -0.505 e. The van der Waals surface area contributed by atoms with Gasteiger partial charge in [-0.2, -0.15) is 0 Å². The number of rotatable bonds is 8. The third-order valence-corrected chi connectivity index (χ3v) is 3.65. The highest BCUT2D eigenvalue weighted by molar-refractivity contribution is 6.37. The predicted molar refractivity (Wildman–Crippen MR) is 78.6 cm³/mol. The number of hydrogen-bond acceptors (Lipinski definition) is 2. The van der Waals surface area contributed by atoms with Crippen LogP contribution in [0.25, 0.3) is 0 Å². The first-order valence-corrected chi connectivity index (χ1v) is 7.29. The first-order valence-electron chi connectivity index (χ1n) is 6.53. The van der Waals surface area contributed by atoms with Gasteiger partial charge in [0.2, 0.25) is 0 Å². The van der Waals surface area contributed by atoms with Crippen molar-refractivity contribution >= 4 is 23.2 Å². The number of nitrogens with one attached hydrogen (secondary N) is 1. The maximum Gasteiger partial charge on any atom is 0.153 e. The van der Waals surface area contributed by atoms with Gasteiger partial charge in [0.05, 0.1) is 10.0 Å². The quantitative estimate of drug-likeness (QED) is 0.677. The lowest BCUT2D eigenvalue weighted by atomic mass is 10.1. The monoisotopic (exact) mass is 289 g/mol. The van der Waals surface area contributed by atoms with Crippen LogP contribution >= 0.6 is 23.2 Å². The lowest BCUT2D eigenvalue weighted by Gasteiger charge is -2.08. The SMILES string of the molecule is CCCCCCCNCc1ccc(Cl)c(O)c1Cl. The molecule has 0 heterocycles. The minimum atomic E-state index is -0.0272. The number of hydrogen-bond donors (Lipinski definition) is 2. The van der Waals surface area contributed by atoms with Crippen molar-refractivity contribution in [2.24, 2.45) is 0 Å². The molecule has 0 amide bonds. The Balaban J connectivity index is 2.25.